The molecule has 0 aromatic carbocycles. The Morgan fingerprint density at radius 3 is 2.65 bits per heavy atom. The van der Waals surface area contributed by atoms with Gasteiger partial charge in [-0.1, -0.05) is 13.8 Å². The molecule has 6 heteroatoms. The number of carbonyl (C=O) groups excluding carboxylic acids is 1. The molecular formula is C17H21N3O3. The van der Waals surface area contributed by atoms with Gasteiger partial charge in [-0.2, -0.15) is 0 Å². The van der Waals surface area contributed by atoms with Gasteiger partial charge in [0.2, 0.25) is 0 Å². The number of nitrogens with one attached hydrogen (secondary N) is 2. The molecule has 0 radical (unpaired) electrons. The van der Waals surface area contributed by atoms with E-state index in [1.54, 1.807) is 6.07 Å². The number of aromatic nitrogens is 2. The first-order valence-corrected chi connectivity index (χ1v) is 7.87. The molecule has 0 bridgehead atoms. The quantitative estimate of drug-likeness (QED) is 0.811. The van der Waals surface area contributed by atoms with Gasteiger partial charge >= 0.3 is 5.97 Å². The maximum Gasteiger partial charge on any atom is 0.354 e. The fraction of sp³-hybridized carbons (Fsp3) is 0.471. The first-order chi connectivity index (χ1) is 10.8. The number of hydrogen-bond donors (Lipinski definition) is 3. The average molecular weight is 315 g/mol. The zero-order valence-corrected chi connectivity index (χ0v) is 13.3. The summed E-state index contributed by atoms with van der Waals surface area (Å²) in [6, 6.07) is 3.34. The molecule has 1 fully saturated rings. The van der Waals surface area contributed by atoms with Crippen molar-refractivity contribution in [1.29, 1.82) is 0 Å². The lowest BCUT2D eigenvalue weighted by Gasteiger charge is -2.34. The number of nitrogens with zero attached hydrogens (tertiary/aromatic N) is 1. The van der Waals surface area contributed by atoms with Gasteiger partial charge in [-0.25, -0.2) is 9.78 Å². The summed E-state index contributed by atoms with van der Waals surface area (Å²) in [6.45, 7) is 4.52. The van der Waals surface area contributed by atoms with Crippen LogP contribution in [-0.2, 0) is 0 Å². The molecule has 23 heavy (non-hydrogen) atoms. The Balaban J connectivity index is 1.72. The largest absolute Gasteiger partial charge is 0.477 e. The third-order valence-corrected chi connectivity index (χ3v) is 4.64. The van der Waals surface area contributed by atoms with Crippen LogP contribution in [0.15, 0.2) is 18.3 Å². The van der Waals surface area contributed by atoms with Gasteiger partial charge in [0.25, 0.3) is 5.91 Å². The van der Waals surface area contributed by atoms with E-state index in [4.69, 9.17) is 5.11 Å². The van der Waals surface area contributed by atoms with E-state index in [0.717, 1.165) is 25.7 Å². The number of rotatable bonds is 3. The first-order valence-electron chi connectivity index (χ1n) is 7.87. The Kier molecular flexibility index (Phi) is 3.83. The number of aromatic amines is 1. The third kappa shape index (κ3) is 3.36. The second-order valence-corrected chi connectivity index (χ2v) is 7.06. The second kappa shape index (κ2) is 5.68. The topological polar surface area (TPSA) is 95.1 Å². The number of aromatic carboxylic acids is 1. The Hall–Kier alpha value is -2.37. The lowest BCUT2D eigenvalue weighted by molar-refractivity contribution is 0.0690. The van der Waals surface area contributed by atoms with E-state index in [9.17, 15) is 9.59 Å². The predicted molar refractivity (Wildman–Crippen MR) is 86.6 cm³/mol. The summed E-state index contributed by atoms with van der Waals surface area (Å²) >= 11 is 0. The minimum atomic E-state index is -1.08. The van der Waals surface area contributed by atoms with Gasteiger partial charge in [-0.3, -0.25) is 4.79 Å². The van der Waals surface area contributed by atoms with Crippen LogP contribution in [-0.4, -0.2) is 33.0 Å². The summed E-state index contributed by atoms with van der Waals surface area (Å²) in [6.07, 6.45) is 5.64. The van der Waals surface area contributed by atoms with Crippen LogP contribution in [0.25, 0.3) is 10.9 Å². The molecule has 2 aromatic heterocycles. The van der Waals surface area contributed by atoms with Crippen molar-refractivity contribution in [1.82, 2.24) is 15.3 Å². The summed E-state index contributed by atoms with van der Waals surface area (Å²) in [5, 5.41) is 12.7. The van der Waals surface area contributed by atoms with Crippen LogP contribution >= 0.6 is 0 Å². The molecule has 0 aliphatic heterocycles. The number of carbonyl (C=O) groups is 2. The van der Waals surface area contributed by atoms with Crippen molar-refractivity contribution in [3.05, 3.63) is 29.7 Å². The third-order valence-electron chi connectivity index (χ3n) is 4.64. The molecule has 3 rings (SSSR count). The van der Waals surface area contributed by atoms with Crippen molar-refractivity contribution in [2.45, 2.75) is 45.6 Å². The number of amides is 1. The SMILES string of the molecule is CC1(C)CCC(NC(=O)c2cc3cc(C(=O)O)ncc3[nH]2)CC1. The fourth-order valence-corrected chi connectivity index (χ4v) is 3.08. The van der Waals surface area contributed by atoms with E-state index >= 15 is 0 Å². The van der Waals surface area contributed by atoms with Crippen LogP contribution in [0.1, 0.15) is 60.5 Å². The Morgan fingerprint density at radius 1 is 1.30 bits per heavy atom. The van der Waals surface area contributed by atoms with Crippen molar-refractivity contribution in [3.8, 4) is 0 Å². The van der Waals surface area contributed by atoms with Crippen LogP contribution in [0.3, 0.4) is 0 Å². The lowest BCUT2D eigenvalue weighted by Crippen LogP contribution is -2.39. The highest BCUT2D eigenvalue weighted by atomic mass is 16.4. The van der Waals surface area contributed by atoms with Crippen molar-refractivity contribution < 1.29 is 14.7 Å². The fourth-order valence-electron chi connectivity index (χ4n) is 3.08. The van der Waals surface area contributed by atoms with Gasteiger partial charge in [0.1, 0.15) is 11.4 Å². The summed E-state index contributed by atoms with van der Waals surface area (Å²) in [4.78, 5) is 30.2. The molecule has 2 heterocycles. The molecule has 0 atom stereocenters. The molecule has 0 unspecified atom stereocenters. The summed E-state index contributed by atoms with van der Waals surface area (Å²) in [7, 11) is 0. The van der Waals surface area contributed by atoms with Gasteiger partial charge in [0.05, 0.1) is 11.7 Å². The van der Waals surface area contributed by atoms with Gasteiger partial charge < -0.3 is 15.4 Å². The van der Waals surface area contributed by atoms with E-state index < -0.39 is 5.97 Å². The van der Waals surface area contributed by atoms with Gasteiger partial charge in [0, 0.05) is 11.4 Å². The zero-order chi connectivity index (χ0) is 16.6. The van der Waals surface area contributed by atoms with Crippen LogP contribution in [0.4, 0.5) is 0 Å². The normalized spacial score (nSPS) is 18.0. The van der Waals surface area contributed by atoms with Gasteiger partial charge in [0.15, 0.2) is 0 Å². The van der Waals surface area contributed by atoms with Crippen molar-refractivity contribution >= 4 is 22.8 Å². The Morgan fingerprint density at radius 2 is 2.00 bits per heavy atom. The van der Waals surface area contributed by atoms with E-state index in [1.165, 1.54) is 12.3 Å². The number of H-pyrrole nitrogens is 1. The Labute approximate surface area is 134 Å². The number of carboxylic acid groups (broad SMARTS) is 1. The maximum atomic E-state index is 12.4. The number of pyridine rings is 1. The van der Waals surface area contributed by atoms with Crippen LogP contribution < -0.4 is 5.32 Å². The van der Waals surface area contributed by atoms with Crippen LogP contribution in [0.5, 0.6) is 0 Å². The Bertz CT molecular complexity index is 754. The van der Waals surface area contributed by atoms with Crippen molar-refractivity contribution in [3.63, 3.8) is 0 Å². The molecule has 0 spiro atoms. The summed E-state index contributed by atoms with van der Waals surface area (Å²) in [5.74, 6) is -1.23. The molecule has 122 valence electrons. The van der Waals surface area contributed by atoms with Crippen molar-refractivity contribution in [2.24, 2.45) is 5.41 Å². The van der Waals surface area contributed by atoms with Crippen LogP contribution in [0, 0.1) is 5.41 Å². The standard InChI is InChI=1S/C17H21N3O3/c1-17(2)5-3-11(4-6-17)19-15(21)12-7-10-8-13(16(22)23)18-9-14(10)20-12/h7-9,11,20H,3-6H2,1-2H3,(H,19,21)(H,22,23). The molecular weight excluding hydrogens is 294 g/mol. The molecule has 0 saturated heterocycles. The number of carboxylic acids is 1. The number of hydrogen-bond acceptors (Lipinski definition) is 3. The van der Waals surface area contributed by atoms with E-state index in [2.05, 4.69) is 29.1 Å². The van der Waals surface area contributed by atoms with Gasteiger partial charge in [-0.05, 0) is 43.2 Å². The maximum absolute atomic E-state index is 12.4. The molecule has 1 aliphatic carbocycles. The molecule has 1 saturated carbocycles. The molecule has 1 aliphatic rings. The monoisotopic (exact) mass is 315 g/mol. The first kappa shape index (κ1) is 15.5. The molecule has 3 N–H and O–H groups in total. The van der Waals surface area contributed by atoms with E-state index in [0.29, 0.717) is 22.0 Å². The average Bonchev–Trinajstić information content (AvgIpc) is 2.92. The number of fused-ring (bicyclic) bond motifs is 1. The smallest absolute Gasteiger partial charge is 0.354 e. The summed E-state index contributed by atoms with van der Waals surface area (Å²) < 4.78 is 0. The highest BCUT2D eigenvalue weighted by molar-refractivity contribution is 5.99. The highest BCUT2D eigenvalue weighted by Crippen LogP contribution is 2.35. The minimum Gasteiger partial charge on any atom is -0.477 e. The van der Waals surface area contributed by atoms with E-state index in [1.807, 2.05) is 0 Å². The molecule has 1 amide bonds. The predicted octanol–water partition coefficient (Wildman–Crippen LogP) is 2.96. The van der Waals surface area contributed by atoms with Crippen molar-refractivity contribution in [2.75, 3.05) is 0 Å². The molecule has 2 aromatic rings. The summed E-state index contributed by atoms with van der Waals surface area (Å²) in [5.41, 5.74) is 1.43. The lowest BCUT2D eigenvalue weighted by atomic mass is 9.75. The second-order valence-electron chi connectivity index (χ2n) is 7.06. The van der Waals surface area contributed by atoms with Crippen LogP contribution in [0.2, 0.25) is 0 Å². The van der Waals surface area contributed by atoms with Gasteiger partial charge in [-0.15, -0.1) is 0 Å². The zero-order valence-electron chi connectivity index (χ0n) is 13.3. The molecule has 6 nitrogen and oxygen atoms in total. The highest BCUT2D eigenvalue weighted by Gasteiger charge is 2.28. The minimum absolute atomic E-state index is 0.0297. The van der Waals surface area contributed by atoms with E-state index in [-0.39, 0.29) is 17.6 Å².